The molecule has 2 rings (SSSR count). The highest BCUT2D eigenvalue weighted by Crippen LogP contribution is 2.30. The van der Waals surface area contributed by atoms with Crippen LogP contribution in [-0.2, 0) is 10.0 Å². The Balaban J connectivity index is 2.38. The summed E-state index contributed by atoms with van der Waals surface area (Å²) < 4.78 is 25.7. The van der Waals surface area contributed by atoms with E-state index < -0.39 is 14.9 Å². The lowest BCUT2D eigenvalue weighted by Crippen LogP contribution is -2.18. The molecule has 128 valence electrons. The zero-order valence-corrected chi connectivity index (χ0v) is 14.2. The van der Waals surface area contributed by atoms with Crippen LogP contribution in [0.25, 0.3) is 0 Å². The van der Waals surface area contributed by atoms with E-state index in [1.807, 2.05) is 19.0 Å². The lowest BCUT2D eigenvalue weighted by molar-refractivity contribution is -0.384. The highest BCUT2D eigenvalue weighted by molar-refractivity contribution is 7.89. The SMILES string of the molecule is CNS(=O)(=O)c1ccc(Nc2ccc(N(C)C)nc2)c([N+](=O)[O-])c1. The van der Waals surface area contributed by atoms with Crippen LogP contribution in [0.4, 0.5) is 22.9 Å². The normalized spacial score (nSPS) is 11.1. The molecule has 0 aliphatic rings. The van der Waals surface area contributed by atoms with Crippen molar-refractivity contribution in [3.63, 3.8) is 0 Å². The number of rotatable bonds is 6. The van der Waals surface area contributed by atoms with Crippen molar-refractivity contribution in [3.8, 4) is 0 Å². The van der Waals surface area contributed by atoms with Crippen molar-refractivity contribution in [1.82, 2.24) is 9.71 Å². The van der Waals surface area contributed by atoms with E-state index in [0.717, 1.165) is 11.9 Å². The maximum absolute atomic E-state index is 11.8. The van der Waals surface area contributed by atoms with E-state index in [9.17, 15) is 18.5 Å². The molecule has 10 heteroatoms. The van der Waals surface area contributed by atoms with Gasteiger partial charge in [-0.15, -0.1) is 0 Å². The summed E-state index contributed by atoms with van der Waals surface area (Å²) in [6, 6.07) is 7.14. The van der Waals surface area contributed by atoms with E-state index in [1.165, 1.54) is 25.4 Å². The molecule has 1 heterocycles. The van der Waals surface area contributed by atoms with Crippen LogP contribution in [0, 0.1) is 10.1 Å². The van der Waals surface area contributed by atoms with Crippen LogP contribution in [-0.4, -0.2) is 39.5 Å². The van der Waals surface area contributed by atoms with Gasteiger partial charge in [-0.25, -0.2) is 18.1 Å². The molecule has 0 spiro atoms. The largest absolute Gasteiger partial charge is 0.363 e. The van der Waals surface area contributed by atoms with Crippen molar-refractivity contribution in [2.24, 2.45) is 0 Å². The van der Waals surface area contributed by atoms with Gasteiger partial charge in [0, 0.05) is 20.2 Å². The second-order valence-electron chi connectivity index (χ2n) is 5.07. The highest BCUT2D eigenvalue weighted by Gasteiger charge is 2.20. The summed E-state index contributed by atoms with van der Waals surface area (Å²) in [5.74, 6) is 0.741. The lowest BCUT2D eigenvalue weighted by atomic mass is 10.2. The minimum atomic E-state index is -3.76. The van der Waals surface area contributed by atoms with E-state index in [1.54, 1.807) is 12.1 Å². The minimum absolute atomic E-state index is 0.175. The fourth-order valence-corrected chi connectivity index (χ4v) is 2.68. The van der Waals surface area contributed by atoms with Gasteiger partial charge < -0.3 is 10.2 Å². The van der Waals surface area contributed by atoms with Crippen molar-refractivity contribution in [2.45, 2.75) is 4.90 Å². The number of benzene rings is 1. The molecule has 0 aliphatic heterocycles. The van der Waals surface area contributed by atoms with Crippen LogP contribution in [0.5, 0.6) is 0 Å². The molecule has 2 aromatic rings. The van der Waals surface area contributed by atoms with Crippen LogP contribution in [0.15, 0.2) is 41.4 Å². The third kappa shape index (κ3) is 3.78. The van der Waals surface area contributed by atoms with Crippen LogP contribution in [0.1, 0.15) is 0 Å². The van der Waals surface area contributed by atoms with E-state index in [-0.39, 0.29) is 16.3 Å². The third-order valence-electron chi connectivity index (χ3n) is 3.23. The Morgan fingerprint density at radius 1 is 1.21 bits per heavy atom. The van der Waals surface area contributed by atoms with Crippen LogP contribution >= 0.6 is 0 Å². The Hall–Kier alpha value is -2.72. The number of nitrogens with zero attached hydrogens (tertiary/aromatic N) is 3. The van der Waals surface area contributed by atoms with Gasteiger partial charge in [0.15, 0.2) is 0 Å². The molecule has 24 heavy (non-hydrogen) atoms. The van der Waals surface area contributed by atoms with E-state index in [0.29, 0.717) is 5.69 Å². The Labute approximate surface area is 139 Å². The van der Waals surface area contributed by atoms with Gasteiger partial charge in [-0.1, -0.05) is 0 Å². The first-order valence-corrected chi connectivity index (χ1v) is 8.35. The van der Waals surface area contributed by atoms with E-state index in [4.69, 9.17) is 0 Å². The molecule has 0 bridgehead atoms. The van der Waals surface area contributed by atoms with Gasteiger partial charge >= 0.3 is 0 Å². The molecule has 0 unspecified atom stereocenters. The molecule has 2 N–H and O–H groups in total. The second-order valence-corrected chi connectivity index (χ2v) is 6.95. The molecule has 0 aliphatic carbocycles. The summed E-state index contributed by atoms with van der Waals surface area (Å²) in [5.41, 5.74) is 0.380. The zero-order valence-electron chi connectivity index (χ0n) is 13.3. The van der Waals surface area contributed by atoms with Crippen LogP contribution in [0.3, 0.4) is 0 Å². The number of aromatic nitrogens is 1. The van der Waals surface area contributed by atoms with Gasteiger partial charge in [0.25, 0.3) is 5.69 Å². The first-order chi connectivity index (χ1) is 11.2. The first-order valence-electron chi connectivity index (χ1n) is 6.87. The predicted molar refractivity (Wildman–Crippen MR) is 91.2 cm³/mol. The Morgan fingerprint density at radius 2 is 1.92 bits per heavy atom. The molecular formula is C14H17N5O4S. The maximum Gasteiger partial charge on any atom is 0.294 e. The number of nitrogens with one attached hydrogen (secondary N) is 2. The number of pyridine rings is 1. The first kappa shape index (κ1) is 17.6. The lowest BCUT2D eigenvalue weighted by Gasteiger charge is -2.12. The number of nitro benzene ring substituents is 1. The standard InChI is InChI=1S/C14H17N5O4S/c1-15-24(22,23)11-5-6-12(13(8-11)19(20)21)17-10-4-7-14(16-9-10)18(2)3/h4-9,15,17H,1-3H3. The molecule has 0 fully saturated rings. The highest BCUT2D eigenvalue weighted by atomic mass is 32.2. The predicted octanol–water partition coefficient (Wildman–Crippen LogP) is 1.71. The maximum atomic E-state index is 11.8. The number of anilines is 3. The zero-order chi connectivity index (χ0) is 17.9. The molecule has 1 aromatic carbocycles. The molecule has 0 atom stereocenters. The topological polar surface area (TPSA) is 117 Å². The quantitative estimate of drug-likeness (QED) is 0.601. The number of hydrogen-bond donors (Lipinski definition) is 2. The monoisotopic (exact) mass is 351 g/mol. The van der Waals surface area contributed by atoms with Crippen molar-refractivity contribution in [2.75, 3.05) is 31.4 Å². The van der Waals surface area contributed by atoms with Gasteiger partial charge in [0.05, 0.1) is 21.7 Å². The summed E-state index contributed by atoms with van der Waals surface area (Å²) in [6.07, 6.45) is 1.54. The van der Waals surface area contributed by atoms with Gasteiger partial charge in [-0.3, -0.25) is 10.1 Å². The van der Waals surface area contributed by atoms with E-state index >= 15 is 0 Å². The Morgan fingerprint density at radius 3 is 2.42 bits per heavy atom. The summed E-state index contributed by atoms with van der Waals surface area (Å²) >= 11 is 0. The smallest absolute Gasteiger partial charge is 0.294 e. The van der Waals surface area contributed by atoms with Crippen molar-refractivity contribution in [1.29, 1.82) is 0 Å². The molecule has 0 saturated heterocycles. The molecule has 0 radical (unpaired) electrons. The van der Waals surface area contributed by atoms with Crippen molar-refractivity contribution >= 4 is 32.9 Å². The molecule has 9 nitrogen and oxygen atoms in total. The molecule has 0 saturated carbocycles. The fourth-order valence-electron chi connectivity index (χ4n) is 1.93. The number of nitro groups is 1. The molecule has 0 amide bonds. The average molecular weight is 351 g/mol. The second kappa shape index (κ2) is 6.81. The van der Waals surface area contributed by atoms with Gasteiger partial charge in [0.2, 0.25) is 10.0 Å². The van der Waals surface area contributed by atoms with Crippen molar-refractivity contribution < 1.29 is 13.3 Å². The number of sulfonamides is 1. The van der Waals surface area contributed by atoms with Crippen LogP contribution < -0.4 is 14.9 Å². The van der Waals surface area contributed by atoms with Gasteiger partial charge in [-0.05, 0) is 31.3 Å². The molecule has 1 aromatic heterocycles. The van der Waals surface area contributed by atoms with E-state index in [2.05, 4.69) is 15.0 Å². The summed E-state index contributed by atoms with van der Waals surface area (Å²) in [4.78, 5) is 16.5. The summed E-state index contributed by atoms with van der Waals surface area (Å²) in [5, 5.41) is 14.1. The summed E-state index contributed by atoms with van der Waals surface area (Å²) in [6.45, 7) is 0. The summed E-state index contributed by atoms with van der Waals surface area (Å²) in [7, 11) is 1.18. The average Bonchev–Trinajstić information content (AvgIpc) is 2.55. The van der Waals surface area contributed by atoms with Gasteiger partial charge in [0.1, 0.15) is 11.5 Å². The van der Waals surface area contributed by atoms with Crippen LogP contribution in [0.2, 0.25) is 0 Å². The minimum Gasteiger partial charge on any atom is -0.363 e. The molecular weight excluding hydrogens is 334 g/mol. The number of hydrogen-bond acceptors (Lipinski definition) is 7. The van der Waals surface area contributed by atoms with Gasteiger partial charge in [-0.2, -0.15) is 0 Å². The Bertz CT molecular complexity index is 850. The van der Waals surface area contributed by atoms with Crippen molar-refractivity contribution in [3.05, 3.63) is 46.6 Å². The fraction of sp³-hybridized carbons (Fsp3) is 0.214. The Kier molecular flexibility index (Phi) is 5.00. The third-order valence-corrected chi connectivity index (χ3v) is 4.64.